The zero-order valence-electron chi connectivity index (χ0n) is 17.3. The highest BCUT2D eigenvalue weighted by atomic mass is 35.5. The van der Waals surface area contributed by atoms with Crippen LogP contribution in [0.2, 0.25) is 5.15 Å². The van der Waals surface area contributed by atoms with E-state index >= 15 is 0 Å². The Balaban J connectivity index is 1.49. The van der Waals surface area contributed by atoms with E-state index in [0.717, 1.165) is 11.1 Å². The number of nitrogens with two attached hydrogens (primary N) is 1. The molecule has 2 aromatic carbocycles. The molecule has 0 radical (unpaired) electrons. The number of rotatable bonds is 7. The first kappa shape index (κ1) is 21.6. The van der Waals surface area contributed by atoms with Gasteiger partial charge in [0.25, 0.3) is 5.56 Å². The summed E-state index contributed by atoms with van der Waals surface area (Å²) in [7, 11) is 0. The second kappa shape index (κ2) is 9.23. The van der Waals surface area contributed by atoms with Crippen molar-refractivity contribution in [1.29, 1.82) is 5.41 Å². The first-order chi connectivity index (χ1) is 15.4. The molecule has 4 rings (SSSR count). The fourth-order valence-corrected chi connectivity index (χ4v) is 4.03. The van der Waals surface area contributed by atoms with E-state index in [1.165, 1.54) is 4.57 Å². The van der Waals surface area contributed by atoms with Crippen molar-refractivity contribution in [3.63, 3.8) is 0 Å². The fraction of sp³-hybridized carbons (Fsp3) is 0.217. The maximum Gasteiger partial charge on any atom is 0.294 e. The zero-order chi connectivity index (χ0) is 22.7. The Bertz CT molecular complexity index is 1210. The van der Waals surface area contributed by atoms with Crippen LogP contribution in [-0.4, -0.2) is 21.3 Å². The van der Waals surface area contributed by atoms with Crippen LogP contribution in [0.25, 0.3) is 0 Å². The van der Waals surface area contributed by atoms with Crippen molar-refractivity contribution < 1.29 is 4.79 Å². The van der Waals surface area contributed by atoms with Gasteiger partial charge in [0.05, 0.1) is 5.69 Å². The molecule has 0 saturated carbocycles. The maximum atomic E-state index is 13.1. The number of aromatic nitrogens is 2. The third-order valence-corrected chi connectivity index (χ3v) is 5.77. The van der Waals surface area contributed by atoms with Gasteiger partial charge in [-0.25, -0.2) is 4.98 Å². The van der Waals surface area contributed by atoms with E-state index in [9.17, 15) is 9.59 Å². The summed E-state index contributed by atoms with van der Waals surface area (Å²) < 4.78 is 1.46. The molecule has 0 unspecified atom stereocenters. The number of nitrogens with zero attached hydrogens (tertiary/aromatic N) is 2. The topological polar surface area (TPSA) is 126 Å². The van der Waals surface area contributed by atoms with Crippen molar-refractivity contribution in [2.75, 3.05) is 5.32 Å². The van der Waals surface area contributed by atoms with Crippen LogP contribution < -0.4 is 21.9 Å². The standard InChI is InChI=1S/C23H23ClN6O2/c24-19-17-10-11-18(22(31)28-13-15-6-8-16(9-7-15)20(25)26)30(17)23(32)21(29-19)27-12-14-4-2-1-3-5-14/h1-9,18H,10-13H2,(H3,25,26)(H,27,29)(H,28,31)/t18-/m0/s1. The second-order valence-corrected chi connectivity index (χ2v) is 7.95. The summed E-state index contributed by atoms with van der Waals surface area (Å²) in [6, 6.07) is 16.1. The number of amidine groups is 1. The summed E-state index contributed by atoms with van der Waals surface area (Å²) in [6.07, 6.45) is 0.985. The van der Waals surface area contributed by atoms with Crippen molar-refractivity contribution in [2.24, 2.45) is 5.73 Å². The van der Waals surface area contributed by atoms with Gasteiger partial charge >= 0.3 is 0 Å². The third kappa shape index (κ3) is 4.50. The predicted molar refractivity (Wildman–Crippen MR) is 124 cm³/mol. The van der Waals surface area contributed by atoms with Gasteiger partial charge < -0.3 is 16.4 Å². The molecule has 32 heavy (non-hydrogen) atoms. The Morgan fingerprint density at radius 2 is 1.81 bits per heavy atom. The number of nitrogens with one attached hydrogen (secondary N) is 3. The van der Waals surface area contributed by atoms with Crippen LogP contribution in [0.3, 0.4) is 0 Å². The van der Waals surface area contributed by atoms with E-state index in [1.54, 1.807) is 24.3 Å². The molecule has 0 saturated heterocycles. The van der Waals surface area contributed by atoms with Gasteiger partial charge in [0.2, 0.25) is 5.91 Å². The first-order valence-corrected chi connectivity index (χ1v) is 10.6. The molecule has 0 bridgehead atoms. The molecule has 1 aliphatic heterocycles. The van der Waals surface area contributed by atoms with Gasteiger partial charge in [0.15, 0.2) is 11.0 Å². The van der Waals surface area contributed by atoms with Crippen LogP contribution >= 0.6 is 11.6 Å². The van der Waals surface area contributed by atoms with Crippen molar-refractivity contribution in [3.05, 3.63) is 92.5 Å². The number of carbonyl (C=O) groups is 1. The monoisotopic (exact) mass is 450 g/mol. The molecule has 164 valence electrons. The first-order valence-electron chi connectivity index (χ1n) is 10.2. The Kier molecular flexibility index (Phi) is 6.23. The molecule has 5 N–H and O–H groups in total. The van der Waals surface area contributed by atoms with Crippen LogP contribution in [0.15, 0.2) is 59.4 Å². The van der Waals surface area contributed by atoms with E-state index in [1.807, 2.05) is 30.3 Å². The maximum absolute atomic E-state index is 13.1. The molecule has 1 aromatic heterocycles. The number of benzene rings is 2. The van der Waals surface area contributed by atoms with Gasteiger partial charge in [-0.3, -0.25) is 19.6 Å². The van der Waals surface area contributed by atoms with Crippen LogP contribution in [0.5, 0.6) is 0 Å². The number of hydrogen-bond acceptors (Lipinski definition) is 5. The highest BCUT2D eigenvalue weighted by Gasteiger charge is 2.32. The molecule has 1 atom stereocenters. The van der Waals surface area contributed by atoms with Gasteiger partial charge in [0.1, 0.15) is 11.9 Å². The smallest absolute Gasteiger partial charge is 0.294 e. The quantitative estimate of drug-likeness (QED) is 0.325. The molecule has 0 fully saturated rings. The molecule has 0 spiro atoms. The Morgan fingerprint density at radius 3 is 2.50 bits per heavy atom. The highest BCUT2D eigenvalue weighted by molar-refractivity contribution is 6.30. The summed E-state index contributed by atoms with van der Waals surface area (Å²) >= 11 is 6.34. The van der Waals surface area contributed by atoms with Crippen LogP contribution in [-0.2, 0) is 24.3 Å². The van der Waals surface area contributed by atoms with Crippen molar-refractivity contribution in [2.45, 2.75) is 32.0 Å². The molecule has 2 heterocycles. The zero-order valence-corrected chi connectivity index (χ0v) is 18.0. The summed E-state index contributed by atoms with van der Waals surface area (Å²) in [6.45, 7) is 0.724. The van der Waals surface area contributed by atoms with Crippen LogP contribution in [0.4, 0.5) is 5.82 Å². The lowest BCUT2D eigenvalue weighted by Gasteiger charge is -2.16. The van der Waals surface area contributed by atoms with E-state index in [4.69, 9.17) is 22.7 Å². The van der Waals surface area contributed by atoms with Gasteiger partial charge in [-0.15, -0.1) is 0 Å². The van der Waals surface area contributed by atoms with Gasteiger partial charge in [-0.1, -0.05) is 66.2 Å². The predicted octanol–water partition coefficient (Wildman–Crippen LogP) is 2.60. The molecule has 8 nitrogen and oxygen atoms in total. The number of nitrogen functional groups attached to an aromatic ring is 1. The molecule has 0 aliphatic carbocycles. The Morgan fingerprint density at radius 1 is 1.12 bits per heavy atom. The largest absolute Gasteiger partial charge is 0.384 e. The normalized spacial score (nSPS) is 14.6. The second-order valence-electron chi connectivity index (χ2n) is 7.60. The van der Waals surface area contributed by atoms with E-state index < -0.39 is 6.04 Å². The average molecular weight is 451 g/mol. The van der Waals surface area contributed by atoms with Gasteiger partial charge in [-0.2, -0.15) is 0 Å². The number of carbonyl (C=O) groups excluding carboxylic acids is 1. The fourth-order valence-electron chi connectivity index (χ4n) is 3.76. The number of amides is 1. The lowest BCUT2D eigenvalue weighted by molar-refractivity contribution is -0.124. The molecular weight excluding hydrogens is 428 g/mol. The van der Waals surface area contributed by atoms with E-state index in [2.05, 4.69) is 15.6 Å². The summed E-state index contributed by atoms with van der Waals surface area (Å²) in [5.74, 6) is -0.135. The minimum Gasteiger partial charge on any atom is -0.384 e. The number of fused-ring (bicyclic) bond motifs is 1. The van der Waals surface area contributed by atoms with E-state index in [0.29, 0.717) is 37.2 Å². The third-order valence-electron chi connectivity index (χ3n) is 5.46. The number of anilines is 1. The molecule has 9 heteroatoms. The van der Waals surface area contributed by atoms with E-state index in [-0.39, 0.29) is 28.3 Å². The van der Waals surface area contributed by atoms with Crippen molar-refractivity contribution >= 4 is 29.2 Å². The summed E-state index contributed by atoms with van der Waals surface area (Å²) in [5.41, 5.74) is 8.17. The molecule has 1 aliphatic rings. The SMILES string of the molecule is N=C(N)c1ccc(CNC(=O)[C@@H]2CCc3c(Cl)nc(NCc4ccccc4)c(=O)n32)cc1. The molecular formula is C23H23ClN6O2. The molecule has 3 aromatic rings. The minimum absolute atomic E-state index is 0.00955. The minimum atomic E-state index is -0.647. The number of hydrogen-bond donors (Lipinski definition) is 4. The lowest BCUT2D eigenvalue weighted by atomic mass is 10.1. The van der Waals surface area contributed by atoms with Gasteiger partial charge in [0, 0.05) is 18.7 Å². The summed E-state index contributed by atoms with van der Waals surface area (Å²) in [5, 5.41) is 13.6. The number of halogens is 1. The van der Waals surface area contributed by atoms with Crippen molar-refractivity contribution in [1.82, 2.24) is 14.9 Å². The van der Waals surface area contributed by atoms with Crippen molar-refractivity contribution in [3.8, 4) is 0 Å². The lowest BCUT2D eigenvalue weighted by Crippen LogP contribution is -2.36. The summed E-state index contributed by atoms with van der Waals surface area (Å²) in [4.78, 5) is 30.2. The Labute approximate surface area is 189 Å². The average Bonchev–Trinajstić information content (AvgIpc) is 3.26. The van der Waals surface area contributed by atoms with Gasteiger partial charge in [-0.05, 0) is 24.0 Å². The Hall–Kier alpha value is -3.65. The molecule has 1 amide bonds. The highest BCUT2D eigenvalue weighted by Crippen LogP contribution is 2.29. The van der Waals surface area contributed by atoms with Crippen LogP contribution in [0.1, 0.15) is 34.8 Å². The van der Waals surface area contributed by atoms with Crippen LogP contribution in [0, 0.1) is 5.41 Å².